The van der Waals surface area contributed by atoms with E-state index < -0.39 is 0 Å². The van der Waals surface area contributed by atoms with Crippen molar-refractivity contribution < 1.29 is 9.53 Å². The van der Waals surface area contributed by atoms with Crippen LogP contribution in [0, 0.1) is 17.8 Å². The predicted octanol–water partition coefficient (Wildman–Crippen LogP) is 4.58. The van der Waals surface area contributed by atoms with Crippen LogP contribution in [0.2, 0.25) is 0 Å². The van der Waals surface area contributed by atoms with E-state index in [0.717, 1.165) is 19.6 Å². The molecule has 0 N–H and O–H groups in total. The lowest BCUT2D eigenvalue weighted by Crippen LogP contribution is -2.39. The second kappa shape index (κ2) is 7.90. The highest BCUT2D eigenvalue weighted by molar-refractivity contribution is 5.76. The summed E-state index contributed by atoms with van der Waals surface area (Å²) in [5.74, 6) is 1.11. The number of cyclic esters (lactones) is 1. The van der Waals surface area contributed by atoms with Crippen LogP contribution in [0.3, 0.4) is 0 Å². The van der Waals surface area contributed by atoms with E-state index in [1.807, 2.05) is 6.07 Å². The van der Waals surface area contributed by atoms with Gasteiger partial charge in [-0.25, -0.2) is 0 Å². The molecule has 2 heterocycles. The molecular weight excluding hydrogens is 310 g/mol. The zero-order valence-electron chi connectivity index (χ0n) is 15.2. The molecule has 3 heteroatoms. The molecule has 0 aromatic heterocycles. The first kappa shape index (κ1) is 17.1. The Balaban J connectivity index is 1.57. The van der Waals surface area contributed by atoms with Crippen molar-refractivity contribution >= 4 is 5.97 Å². The van der Waals surface area contributed by atoms with Crippen LogP contribution in [-0.4, -0.2) is 30.5 Å². The smallest absolute Gasteiger partial charge is 0.311 e. The number of piperidine rings is 1. The van der Waals surface area contributed by atoms with Crippen LogP contribution in [0.4, 0.5) is 0 Å². The molecule has 1 aromatic rings. The first-order valence-electron chi connectivity index (χ1n) is 10.3. The third-order valence-corrected chi connectivity index (χ3v) is 6.59. The largest absolute Gasteiger partial charge is 0.457 e. The molecule has 3 fully saturated rings. The first-order valence-corrected chi connectivity index (χ1v) is 10.3. The van der Waals surface area contributed by atoms with Gasteiger partial charge in [0.05, 0.1) is 5.92 Å². The number of carbonyl (C=O) groups excluding carboxylic acids is 1. The summed E-state index contributed by atoms with van der Waals surface area (Å²) in [5.41, 5.74) is 1.19. The first-order chi connectivity index (χ1) is 12.3. The second-order valence-electron chi connectivity index (χ2n) is 8.21. The van der Waals surface area contributed by atoms with Crippen LogP contribution < -0.4 is 0 Å². The normalized spacial score (nSPS) is 31.8. The van der Waals surface area contributed by atoms with Crippen LogP contribution in [0.5, 0.6) is 0 Å². The second-order valence-corrected chi connectivity index (χ2v) is 8.21. The average molecular weight is 341 g/mol. The van der Waals surface area contributed by atoms with Crippen molar-refractivity contribution in [3.05, 3.63) is 35.9 Å². The lowest BCUT2D eigenvalue weighted by atomic mass is 9.71. The number of rotatable bonds is 4. The number of likely N-dealkylation sites (tertiary alicyclic amines) is 1. The Bertz CT molecular complexity index is 561. The fourth-order valence-corrected chi connectivity index (χ4v) is 5.30. The maximum atomic E-state index is 12.8. The average Bonchev–Trinajstić information content (AvgIpc) is 3.00. The summed E-state index contributed by atoms with van der Waals surface area (Å²) in [6.45, 7) is 3.21. The maximum Gasteiger partial charge on any atom is 0.311 e. The van der Waals surface area contributed by atoms with Gasteiger partial charge in [-0.1, -0.05) is 68.9 Å². The predicted molar refractivity (Wildman–Crippen MR) is 99.1 cm³/mol. The van der Waals surface area contributed by atoms with Crippen molar-refractivity contribution in [1.29, 1.82) is 0 Å². The van der Waals surface area contributed by atoms with Crippen LogP contribution in [0.1, 0.15) is 63.0 Å². The third kappa shape index (κ3) is 3.76. The van der Waals surface area contributed by atoms with E-state index in [2.05, 4.69) is 29.2 Å². The Morgan fingerprint density at radius 2 is 1.60 bits per heavy atom. The molecule has 3 atom stereocenters. The van der Waals surface area contributed by atoms with E-state index in [4.69, 9.17) is 4.74 Å². The van der Waals surface area contributed by atoms with Crippen molar-refractivity contribution in [1.82, 2.24) is 4.90 Å². The number of carbonyl (C=O) groups is 1. The van der Waals surface area contributed by atoms with Crippen molar-refractivity contribution in [2.75, 3.05) is 19.6 Å². The van der Waals surface area contributed by atoms with Gasteiger partial charge in [0.15, 0.2) is 0 Å². The lowest BCUT2D eigenvalue weighted by Gasteiger charge is -2.35. The van der Waals surface area contributed by atoms with Crippen molar-refractivity contribution in [3.63, 3.8) is 0 Å². The van der Waals surface area contributed by atoms with E-state index >= 15 is 0 Å². The molecule has 1 aliphatic carbocycles. The monoisotopic (exact) mass is 341 g/mol. The molecule has 4 rings (SSSR count). The van der Waals surface area contributed by atoms with Gasteiger partial charge < -0.3 is 9.64 Å². The van der Waals surface area contributed by atoms with Crippen LogP contribution >= 0.6 is 0 Å². The number of hydrogen-bond acceptors (Lipinski definition) is 3. The van der Waals surface area contributed by atoms with E-state index in [9.17, 15) is 4.79 Å². The molecular formula is C22H31NO2. The van der Waals surface area contributed by atoms with Gasteiger partial charge in [-0.05, 0) is 37.4 Å². The lowest BCUT2D eigenvalue weighted by molar-refractivity contribution is -0.145. The number of ether oxygens (including phenoxy) is 1. The molecule has 1 aromatic carbocycles. The van der Waals surface area contributed by atoms with Crippen LogP contribution in [0.25, 0.3) is 0 Å². The van der Waals surface area contributed by atoms with E-state index in [0.29, 0.717) is 11.8 Å². The highest BCUT2D eigenvalue weighted by Gasteiger charge is 2.49. The fraction of sp³-hybridized carbons (Fsp3) is 0.682. The third-order valence-electron chi connectivity index (χ3n) is 6.59. The summed E-state index contributed by atoms with van der Waals surface area (Å²) >= 11 is 0. The molecule has 25 heavy (non-hydrogen) atoms. The van der Waals surface area contributed by atoms with Gasteiger partial charge in [-0.15, -0.1) is 0 Å². The molecule has 3 nitrogen and oxygen atoms in total. The van der Waals surface area contributed by atoms with Crippen molar-refractivity contribution in [2.45, 2.75) is 57.5 Å². The van der Waals surface area contributed by atoms with E-state index in [1.54, 1.807) is 0 Å². The Labute approximate surface area is 151 Å². The van der Waals surface area contributed by atoms with Crippen molar-refractivity contribution in [2.24, 2.45) is 17.8 Å². The Morgan fingerprint density at radius 1 is 0.920 bits per heavy atom. The van der Waals surface area contributed by atoms with Crippen molar-refractivity contribution in [3.8, 4) is 0 Å². The highest BCUT2D eigenvalue weighted by atomic mass is 16.6. The molecule has 2 saturated heterocycles. The van der Waals surface area contributed by atoms with Crippen LogP contribution in [-0.2, 0) is 9.53 Å². The standard InChI is InChI=1S/C22H31NO2/c24-22-19(16-23-14-8-3-9-15-23)20(17-10-4-1-5-11-17)21(25-22)18-12-6-2-7-13-18/h2,6-7,12-13,17,19-21H,1,3-5,8-11,14-16H2. The maximum absolute atomic E-state index is 12.8. The van der Waals surface area contributed by atoms with Gasteiger partial charge in [0, 0.05) is 12.5 Å². The highest BCUT2D eigenvalue weighted by Crippen LogP contribution is 2.48. The Morgan fingerprint density at radius 3 is 2.32 bits per heavy atom. The van der Waals surface area contributed by atoms with Gasteiger partial charge in [-0.3, -0.25) is 4.79 Å². The topological polar surface area (TPSA) is 29.5 Å². The number of hydrogen-bond donors (Lipinski definition) is 0. The zero-order chi connectivity index (χ0) is 17.1. The van der Waals surface area contributed by atoms with Gasteiger partial charge in [-0.2, -0.15) is 0 Å². The molecule has 0 bridgehead atoms. The van der Waals surface area contributed by atoms with Gasteiger partial charge in [0.2, 0.25) is 0 Å². The van der Waals surface area contributed by atoms with Crippen LogP contribution in [0.15, 0.2) is 30.3 Å². The summed E-state index contributed by atoms with van der Waals surface area (Å²) in [6, 6.07) is 10.5. The molecule has 3 unspecified atom stereocenters. The molecule has 3 aliphatic rings. The summed E-state index contributed by atoms with van der Waals surface area (Å²) < 4.78 is 6.00. The quantitative estimate of drug-likeness (QED) is 0.751. The van der Waals surface area contributed by atoms with E-state index in [1.165, 1.54) is 56.9 Å². The molecule has 0 spiro atoms. The summed E-state index contributed by atoms with van der Waals surface area (Å²) in [4.78, 5) is 15.3. The number of benzene rings is 1. The van der Waals surface area contributed by atoms with Gasteiger partial charge in [0.25, 0.3) is 0 Å². The number of nitrogens with zero attached hydrogens (tertiary/aromatic N) is 1. The van der Waals surface area contributed by atoms with E-state index in [-0.39, 0.29) is 18.0 Å². The zero-order valence-corrected chi connectivity index (χ0v) is 15.2. The Hall–Kier alpha value is -1.35. The summed E-state index contributed by atoms with van der Waals surface area (Å²) in [5, 5.41) is 0. The molecule has 2 aliphatic heterocycles. The van der Waals surface area contributed by atoms with Gasteiger partial charge in [0.1, 0.15) is 6.10 Å². The SMILES string of the molecule is O=C1OC(c2ccccc2)C(C2CCCCC2)C1CN1CCCCC1. The van der Waals surface area contributed by atoms with Gasteiger partial charge >= 0.3 is 5.97 Å². The minimum absolute atomic E-state index is 0.0356. The molecule has 1 saturated carbocycles. The minimum Gasteiger partial charge on any atom is -0.457 e. The fourth-order valence-electron chi connectivity index (χ4n) is 5.30. The summed E-state index contributed by atoms with van der Waals surface area (Å²) in [6.07, 6.45) is 10.4. The Kier molecular flexibility index (Phi) is 5.40. The minimum atomic E-state index is -0.0356. The summed E-state index contributed by atoms with van der Waals surface area (Å²) in [7, 11) is 0. The molecule has 0 radical (unpaired) electrons. The number of esters is 1. The molecule has 136 valence electrons. The molecule has 0 amide bonds.